The van der Waals surface area contributed by atoms with E-state index in [1.807, 2.05) is 75.4 Å². The topological polar surface area (TPSA) is 85.8 Å². The second-order valence-electron chi connectivity index (χ2n) is 7.32. The van der Waals surface area contributed by atoms with Gasteiger partial charge in [-0.05, 0) is 49.9 Å². The van der Waals surface area contributed by atoms with Crippen molar-refractivity contribution in [2.24, 2.45) is 4.99 Å². The molecule has 2 rings (SSSR count). The molecular formula is C24H35IN4O2. The van der Waals surface area contributed by atoms with E-state index in [0.29, 0.717) is 31.0 Å². The van der Waals surface area contributed by atoms with E-state index in [0.717, 1.165) is 24.1 Å². The first-order valence-electron chi connectivity index (χ1n) is 10.7. The summed E-state index contributed by atoms with van der Waals surface area (Å²) in [5, 5.41) is 19.8. The smallest absolute Gasteiger partial charge is 0.251 e. The summed E-state index contributed by atoms with van der Waals surface area (Å²) >= 11 is 0. The van der Waals surface area contributed by atoms with E-state index in [4.69, 9.17) is 0 Å². The summed E-state index contributed by atoms with van der Waals surface area (Å²) in [4.78, 5) is 16.9. The van der Waals surface area contributed by atoms with E-state index in [2.05, 4.69) is 20.9 Å². The van der Waals surface area contributed by atoms with Crippen molar-refractivity contribution in [3.05, 3.63) is 71.3 Å². The van der Waals surface area contributed by atoms with Crippen molar-refractivity contribution < 1.29 is 9.90 Å². The minimum atomic E-state index is -0.512. The van der Waals surface area contributed by atoms with Crippen molar-refractivity contribution in [2.45, 2.75) is 52.3 Å². The zero-order chi connectivity index (χ0) is 21.8. The van der Waals surface area contributed by atoms with Gasteiger partial charge in [-0.25, -0.2) is 4.99 Å². The molecule has 2 aromatic carbocycles. The predicted molar refractivity (Wildman–Crippen MR) is 138 cm³/mol. The van der Waals surface area contributed by atoms with Crippen LogP contribution >= 0.6 is 24.0 Å². The number of hydrogen-bond acceptors (Lipinski definition) is 3. The molecule has 0 saturated heterocycles. The molecule has 2 atom stereocenters. The van der Waals surface area contributed by atoms with Crippen LogP contribution in [0.3, 0.4) is 0 Å². The first-order valence-corrected chi connectivity index (χ1v) is 10.7. The molecule has 0 spiro atoms. The third-order valence-corrected chi connectivity index (χ3v) is 4.84. The summed E-state index contributed by atoms with van der Waals surface area (Å²) in [5.74, 6) is 0.627. The van der Waals surface area contributed by atoms with E-state index in [-0.39, 0.29) is 35.9 Å². The minimum Gasteiger partial charge on any atom is -0.388 e. The fraction of sp³-hybridized carbons (Fsp3) is 0.417. The Kier molecular flexibility index (Phi) is 12.8. The number of amides is 1. The maximum absolute atomic E-state index is 12.3. The molecule has 31 heavy (non-hydrogen) atoms. The van der Waals surface area contributed by atoms with Crippen LogP contribution in [-0.2, 0) is 6.54 Å². The third kappa shape index (κ3) is 9.69. The Labute approximate surface area is 203 Å². The molecule has 0 aliphatic heterocycles. The first-order chi connectivity index (χ1) is 14.5. The summed E-state index contributed by atoms with van der Waals surface area (Å²) in [6, 6.07) is 17.3. The lowest BCUT2D eigenvalue weighted by Gasteiger charge is -2.14. The highest BCUT2D eigenvalue weighted by Crippen LogP contribution is 2.14. The molecule has 2 unspecified atom stereocenters. The fourth-order valence-corrected chi connectivity index (χ4v) is 2.90. The number of guanidine groups is 1. The minimum absolute atomic E-state index is 0. The van der Waals surface area contributed by atoms with E-state index < -0.39 is 6.10 Å². The number of aliphatic hydroxyl groups is 1. The van der Waals surface area contributed by atoms with Crippen LogP contribution in [0.5, 0.6) is 0 Å². The number of hydrogen-bond donors (Lipinski definition) is 4. The summed E-state index contributed by atoms with van der Waals surface area (Å²) in [5.41, 5.74) is 2.52. The molecule has 170 valence electrons. The van der Waals surface area contributed by atoms with Gasteiger partial charge < -0.3 is 21.1 Å². The monoisotopic (exact) mass is 538 g/mol. The van der Waals surface area contributed by atoms with Gasteiger partial charge in [-0.3, -0.25) is 4.79 Å². The standard InChI is InChI=1S/C24H34N4O2.HI/c1-4-18(3)28-23(30)21-13-9-10-19(16-21)17-27-24(25-5-2)26-15-14-22(29)20-11-7-6-8-12-20;/h6-13,16,18,22,29H,4-5,14-15,17H2,1-3H3,(H,28,30)(H2,25,26,27);1H. The van der Waals surface area contributed by atoms with Crippen LogP contribution in [0.4, 0.5) is 0 Å². The van der Waals surface area contributed by atoms with Gasteiger partial charge in [-0.15, -0.1) is 24.0 Å². The third-order valence-electron chi connectivity index (χ3n) is 4.84. The Morgan fingerprint density at radius 1 is 1.06 bits per heavy atom. The van der Waals surface area contributed by atoms with Crippen LogP contribution in [0.25, 0.3) is 0 Å². The predicted octanol–water partition coefficient (Wildman–Crippen LogP) is 4.01. The second-order valence-corrected chi connectivity index (χ2v) is 7.32. The molecule has 0 bridgehead atoms. The van der Waals surface area contributed by atoms with Gasteiger partial charge in [-0.2, -0.15) is 0 Å². The summed E-state index contributed by atoms with van der Waals surface area (Å²) < 4.78 is 0. The van der Waals surface area contributed by atoms with Crippen molar-refractivity contribution in [3.63, 3.8) is 0 Å². The number of aliphatic hydroxyl groups excluding tert-OH is 1. The molecule has 0 heterocycles. The zero-order valence-corrected chi connectivity index (χ0v) is 20.9. The molecule has 0 aliphatic carbocycles. The maximum atomic E-state index is 12.3. The average Bonchev–Trinajstić information content (AvgIpc) is 2.78. The van der Waals surface area contributed by atoms with Crippen LogP contribution in [-0.4, -0.2) is 36.1 Å². The van der Waals surface area contributed by atoms with Crippen molar-refractivity contribution >= 4 is 35.8 Å². The molecule has 0 aromatic heterocycles. The quantitative estimate of drug-likeness (QED) is 0.209. The molecular weight excluding hydrogens is 503 g/mol. The van der Waals surface area contributed by atoms with E-state index >= 15 is 0 Å². The lowest BCUT2D eigenvalue weighted by molar-refractivity contribution is 0.0939. The van der Waals surface area contributed by atoms with Crippen molar-refractivity contribution in [1.29, 1.82) is 0 Å². The normalized spacial score (nSPS) is 13.0. The van der Waals surface area contributed by atoms with Crippen LogP contribution < -0.4 is 16.0 Å². The molecule has 7 heteroatoms. The van der Waals surface area contributed by atoms with Gasteiger partial charge in [-0.1, -0.05) is 49.4 Å². The number of rotatable bonds is 10. The highest BCUT2D eigenvalue weighted by Gasteiger charge is 2.09. The SMILES string of the molecule is CCNC(=NCc1cccc(C(=O)NC(C)CC)c1)NCCC(O)c1ccccc1.I. The Bertz CT molecular complexity index is 814. The molecule has 0 radical (unpaired) electrons. The van der Waals surface area contributed by atoms with E-state index in [9.17, 15) is 9.90 Å². The van der Waals surface area contributed by atoms with Gasteiger partial charge in [0.25, 0.3) is 5.91 Å². The lowest BCUT2D eigenvalue weighted by atomic mass is 10.1. The van der Waals surface area contributed by atoms with Crippen molar-refractivity contribution in [1.82, 2.24) is 16.0 Å². The highest BCUT2D eigenvalue weighted by atomic mass is 127. The highest BCUT2D eigenvalue weighted by molar-refractivity contribution is 14.0. The van der Waals surface area contributed by atoms with Gasteiger partial charge in [0, 0.05) is 24.7 Å². The van der Waals surface area contributed by atoms with Gasteiger partial charge in [0.05, 0.1) is 12.6 Å². The number of aliphatic imine (C=N–C) groups is 1. The first kappa shape index (κ1) is 26.9. The Balaban J connectivity index is 0.00000480. The molecule has 0 saturated carbocycles. The van der Waals surface area contributed by atoms with Crippen LogP contribution in [0.2, 0.25) is 0 Å². The van der Waals surface area contributed by atoms with Gasteiger partial charge >= 0.3 is 0 Å². The number of benzene rings is 2. The molecule has 0 aliphatic rings. The Hall–Kier alpha value is -2.13. The van der Waals surface area contributed by atoms with Crippen molar-refractivity contribution in [2.75, 3.05) is 13.1 Å². The number of nitrogens with zero attached hydrogens (tertiary/aromatic N) is 1. The summed E-state index contributed by atoms with van der Waals surface area (Å²) in [7, 11) is 0. The van der Waals surface area contributed by atoms with E-state index in [1.54, 1.807) is 0 Å². The second kappa shape index (κ2) is 14.8. The van der Waals surface area contributed by atoms with Crippen LogP contribution in [0.1, 0.15) is 61.2 Å². The van der Waals surface area contributed by atoms with Gasteiger partial charge in [0.15, 0.2) is 5.96 Å². The largest absolute Gasteiger partial charge is 0.388 e. The molecule has 6 nitrogen and oxygen atoms in total. The Morgan fingerprint density at radius 2 is 1.81 bits per heavy atom. The molecule has 1 amide bonds. The van der Waals surface area contributed by atoms with E-state index in [1.165, 1.54) is 0 Å². The zero-order valence-electron chi connectivity index (χ0n) is 18.6. The Morgan fingerprint density at radius 3 is 2.48 bits per heavy atom. The van der Waals surface area contributed by atoms with Gasteiger partial charge in [0.2, 0.25) is 0 Å². The van der Waals surface area contributed by atoms with Gasteiger partial charge in [0.1, 0.15) is 0 Å². The van der Waals surface area contributed by atoms with Crippen molar-refractivity contribution in [3.8, 4) is 0 Å². The number of carbonyl (C=O) groups excluding carboxylic acids is 1. The van der Waals surface area contributed by atoms with Crippen LogP contribution in [0.15, 0.2) is 59.6 Å². The molecule has 2 aromatic rings. The lowest BCUT2D eigenvalue weighted by Crippen LogP contribution is -2.38. The molecule has 0 fully saturated rings. The van der Waals surface area contributed by atoms with Crippen LogP contribution in [0, 0.1) is 0 Å². The number of carbonyl (C=O) groups is 1. The maximum Gasteiger partial charge on any atom is 0.251 e. The average molecular weight is 538 g/mol. The number of nitrogens with one attached hydrogen (secondary N) is 3. The molecule has 4 N–H and O–H groups in total. The summed E-state index contributed by atoms with van der Waals surface area (Å²) in [6.45, 7) is 7.85. The fourth-order valence-electron chi connectivity index (χ4n) is 2.90. The summed E-state index contributed by atoms with van der Waals surface area (Å²) in [6.07, 6.45) is 0.967. The number of halogens is 1.